The van der Waals surface area contributed by atoms with Crippen molar-refractivity contribution in [3.8, 4) is 11.4 Å². The van der Waals surface area contributed by atoms with Crippen molar-refractivity contribution in [2.75, 3.05) is 25.5 Å². The third kappa shape index (κ3) is 2.90. The molecule has 19 heavy (non-hydrogen) atoms. The normalized spacial score (nSPS) is 19.5. The van der Waals surface area contributed by atoms with Gasteiger partial charge in [-0.1, -0.05) is 30.3 Å². The molecular formula is C15H18N4. The molecule has 1 aliphatic rings. The third-order valence-electron chi connectivity index (χ3n) is 3.45. The summed E-state index contributed by atoms with van der Waals surface area (Å²) in [5.41, 5.74) is 2.05. The number of nitrogens with one attached hydrogen (secondary N) is 1. The van der Waals surface area contributed by atoms with Crippen LogP contribution in [0.4, 0.5) is 5.69 Å². The maximum atomic E-state index is 4.42. The molecule has 1 atom stereocenters. The van der Waals surface area contributed by atoms with Crippen molar-refractivity contribution in [2.45, 2.75) is 12.5 Å². The van der Waals surface area contributed by atoms with Crippen molar-refractivity contribution < 1.29 is 0 Å². The maximum Gasteiger partial charge on any atom is 0.159 e. The Morgan fingerprint density at radius 1 is 1.16 bits per heavy atom. The molecule has 0 spiro atoms. The van der Waals surface area contributed by atoms with Gasteiger partial charge in [0.2, 0.25) is 0 Å². The second kappa shape index (κ2) is 5.36. The summed E-state index contributed by atoms with van der Waals surface area (Å²) in [5.74, 6) is 0.773. The molecule has 1 aliphatic heterocycles. The van der Waals surface area contributed by atoms with E-state index in [0.717, 1.165) is 30.2 Å². The van der Waals surface area contributed by atoms with Gasteiger partial charge in [0.15, 0.2) is 5.82 Å². The summed E-state index contributed by atoms with van der Waals surface area (Å²) in [7, 11) is 2.15. The first-order valence-corrected chi connectivity index (χ1v) is 6.64. The van der Waals surface area contributed by atoms with Gasteiger partial charge in [0.1, 0.15) is 0 Å². The Bertz CT molecular complexity index is 524. The fourth-order valence-corrected chi connectivity index (χ4v) is 2.43. The zero-order chi connectivity index (χ0) is 13.1. The van der Waals surface area contributed by atoms with E-state index in [2.05, 4.69) is 27.2 Å². The fourth-order valence-electron chi connectivity index (χ4n) is 2.43. The Labute approximate surface area is 113 Å². The van der Waals surface area contributed by atoms with E-state index < -0.39 is 0 Å². The molecule has 98 valence electrons. The molecule has 4 heteroatoms. The highest BCUT2D eigenvalue weighted by Crippen LogP contribution is 2.17. The van der Waals surface area contributed by atoms with Gasteiger partial charge in [0.25, 0.3) is 0 Å². The molecule has 2 heterocycles. The highest BCUT2D eigenvalue weighted by molar-refractivity contribution is 5.55. The lowest BCUT2D eigenvalue weighted by Crippen LogP contribution is -2.23. The lowest BCUT2D eigenvalue weighted by molar-refractivity contribution is 0.414. The zero-order valence-electron chi connectivity index (χ0n) is 11.1. The fraction of sp³-hybridized carbons (Fsp3) is 0.333. The van der Waals surface area contributed by atoms with Crippen LogP contribution in [0.3, 0.4) is 0 Å². The second-order valence-electron chi connectivity index (χ2n) is 5.05. The predicted molar refractivity (Wildman–Crippen MR) is 77.0 cm³/mol. The van der Waals surface area contributed by atoms with Crippen LogP contribution >= 0.6 is 0 Å². The first kappa shape index (κ1) is 12.1. The van der Waals surface area contributed by atoms with E-state index in [1.54, 1.807) is 0 Å². The number of nitrogens with zero attached hydrogens (tertiary/aromatic N) is 3. The number of likely N-dealkylation sites (tertiary alicyclic amines) is 1. The Morgan fingerprint density at radius 3 is 2.53 bits per heavy atom. The summed E-state index contributed by atoms with van der Waals surface area (Å²) < 4.78 is 0. The van der Waals surface area contributed by atoms with E-state index in [-0.39, 0.29) is 0 Å². The predicted octanol–water partition coefficient (Wildman–Crippen LogP) is 2.26. The van der Waals surface area contributed by atoms with Crippen LogP contribution in [0.15, 0.2) is 42.7 Å². The topological polar surface area (TPSA) is 41.0 Å². The molecule has 4 nitrogen and oxygen atoms in total. The Hall–Kier alpha value is -1.94. The van der Waals surface area contributed by atoms with Crippen LogP contribution in [0.25, 0.3) is 11.4 Å². The molecule has 1 aromatic carbocycles. The summed E-state index contributed by atoms with van der Waals surface area (Å²) in [6, 6.07) is 10.5. The summed E-state index contributed by atoms with van der Waals surface area (Å²) in [6.45, 7) is 2.24. The van der Waals surface area contributed by atoms with E-state index in [1.165, 1.54) is 6.42 Å². The van der Waals surface area contributed by atoms with Crippen molar-refractivity contribution >= 4 is 5.69 Å². The van der Waals surface area contributed by atoms with Crippen molar-refractivity contribution in [1.82, 2.24) is 14.9 Å². The summed E-state index contributed by atoms with van der Waals surface area (Å²) in [5, 5.41) is 3.48. The average molecular weight is 254 g/mol. The Balaban J connectivity index is 1.69. The van der Waals surface area contributed by atoms with E-state index in [1.807, 2.05) is 42.7 Å². The Kier molecular flexibility index (Phi) is 3.42. The van der Waals surface area contributed by atoms with E-state index in [0.29, 0.717) is 6.04 Å². The number of hydrogen-bond acceptors (Lipinski definition) is 4. The van der Waals surface area contributed by atoms with Crippen LogP contribution in [0.5, 0.6) is 0 Å². The summed E-state index contributed by atoms with van der Waals surface area (Å²) in [6.07, 6.45) is 4.91. The number of benzene rings is 1. The number of hydrogen-bond donors (Lipinski definition) is 1. The monoisotopic (exact) mass is 254 g/mol. The van der Waals surface area contributed by atoms with Gasteiger partial charge in [-0.3, -0.25) is 0 Å². The van der Waals surface area contributed by atoms with Crippen LogP contribution in [-0.2, 0) is 0 Å². The minimum atomic E-state index is 0.510. The smallest absolute Gasteiger partial charge is 0.159 e. The summed E-state index contributed by atoms with van der Waals surface area (Å²) >= 11 is 0. The molecule has 1 N–H and O–H groups in total. The molecule has 0 aliphatic carbocycles. The van der Waals surface area contributed by atoms with E-state index in [4.69, 9.17) is 0 Å². The summed E-state index contributed by atoms with van der Waals surface area (Å²) in [4.78, 5) is 11.2. The second-order valence-corrected chi connectivity index (χ2v) is 5.05. The number of anilines is 1. The van der Waals surface area contributed by atoms with Gasteiger partial charge < -0.3 is 10.2 Å². The highest BCUT2D eigenvalue weighted by Gasteiger charge is 2.19. The minimum Gasteiger partial charge on any atom is -0.378 e. The molecule has 1 saturated heterocycles. The number of rotatable bonds is 3. The highest BCUT2D eigenvalue weighted by atomic mass is 15.2. The van der Waals surface area contributed by atoms with Crippen LogP contribution in [0, 0.1) is 0 Å². The third-order valence-corrected chi connectivity index (χ3v) is 3.45. The van der Waals surface area contributed by atoms with Crippen LogP contribution in [0.2, 0.25) is 0 Å². The molecule has 1 aromatic heterocycles. The van der Waals surface area contributed by atoms with E-state index >= 15 is 0 Å². The molecule has 0 saturated carbocycles. The zero-order valence-corrected chi connectivity index (χ0v) is 11.1. The minimum absolute atomic E-state index is 0.510. The lowest BCUT2D eigenvalue weighted by atomic mass is 10.2. The molecule has 1 fully saturated rings. The van der Waals surface area contributed by atoms with E-state index in [9.17, 15) is 0 Å². The van der Waals surface area contributed by atoms with Gasteiger partial charge in [-0.15, -0.1) is 0 Å². The van der Waals surface area contributed by atoms with Crippen molar-refractivity contribution in [3.63, 3.8) is 0 Å². The lowest BCUT2D eigenvalue weighted by Gasteiger charge is -2.13. The molecule has 0 amide bonds. The van der Waals surface area contributed by atoms with Crippen LogP contribution in [0.1, 0.15) is 6.42 Å². The number of likely N-dealkylation sites (N-methyl/N-ethyl adjacent to an activating group) is 1. The van der Waals surface area contributed by atoms with Gasteiger partial charge in [0, 0.05) is 18.2 Å². The largest absolute Gasteiger partial charge is 0.378 e. The molecule has 3 rings (SSSR count). The molecule has 0 radical (unpaired) electrons. The average Bonchev–Trinajstić information content (AvgIpc) is 2.86. The standard InChI is InChI=1S/C15H18N4/c1-19-8-7-13(11-19)18-14-9-16-15(17-10-14)12-5-3-2-4-6-12/h2-6,9-10,13,18H,7-8,11H2,1H3. The molecule has 2 aromatic rings. The first-order valence-electron chi connectivity index (χ1n) is 6.64. The van der Waals surface area contributed by atoms with Gasteiger partial charge in [-0.2, -0.15) is 0 Å². The van der Waals surface area contributed by atoms with Crippen LogP contribution < -0.4 is 5.32 Å². The van der Waals surface area contributed by atoms with Crippen molar-refractivity contribution in [2.24, 2.45) is 0 Å². The van der Waals surface area contributed by atoms with Gasteiger partial charge in [0.05, 0.1) is 18.1 Å². The molecule has 0 bridgehead atoms. The quantitative estimate of drug-likeness (QED) is 0.912. The van der Waals surface area contributed by atoms with Crippen LogP contribution in [-0.4, -0.2) is 41.0 Å². The maximum absolute atomic E-state index is 4.42. The Morgan fingerprint density at radius 2 is 1.89 bits per heavy atom. The van der Waals surface area contributed by atoms with Crippen molar-refractivity contribution in [1.29, 1.82) is 0 Å². The molecular weight excluding hydrogens is 236 g/mol. The van der Waals surface area contributed by atoms with Gasteiger partial charge in [-0.25, -0.2) is 9.97 Å². The molecule has 1 unspecified atom stereocenters. The van der Waals surface area contributed by atoms with Gasteiger partial charge in [-0.05, 0) is 20.0 Å². The van der Waals surface area contributed by atoms with Crippen molar-refractivity contribution in [3.05, 3.63) is 42.7 Å². The SMILES string of the molecule is CN1CCC(Nc2cnc(-c3ccccc3)nc2)C1. The van der Waals surface area contributed by atoms with Gasteiger partial charge >= 0.3 is 0 Å². The number of aromatic nitrogens is 2. The first-order chi connectivity index (χ1) is 9.31.